The third kappa shape index (κ3) is 2.60. The summed E-state index contributed by atoms with van der Waals surface area (Å²) < 4.78 is 0. The first-order valence-corrected chi connectivity index (χ1v) is 6.44. The van der Waals surface area contributed by atoms with Crippen LogP contribution in [0.3, 0.4) is 0 Å². The molecule has 0 saturated carbocycles. The van der Waals surface area contributed by atoms with Crippen LogP contribution in [0.5, 0.6) is 0 Å². The normalized spacial score (nSPS) is 26.8. The third-order valence-corrected chi connectivity index (χ3v) is 3.43. The van der Waals surface area contributed by atoms with Crippen molar-refractivity contribution in [3.8, 4) is 0 Å². The lowest BCUT2D eigenvalue weighted by atomic mass is 10.0. The number of nitrogens with one attached hydrogen (secondary N) is 2. The van der Waals surface area contributed by atoms with Crippen LogP contribution in [0, 0.1) is 5.92 Å². The molecule has 0 radical (unpaired) electrons. The van der Waals surface area contributed by atoms with Gasteiger partial charge in [-0.25, -0.2) is 4.79 Å². The van der Waals surface area contributed by atoms with Gasteiger partial charge in [-0.2, -0.15) is 0 Å². The number of piperidine rings is 1. The van der Waals surface area contributed by atoms with Gasteiger partial charge in [0.05, 0.1) is 0 Å². The summed E-state index contributed by atoms with van der Waals surface area (Å²) in [6.07, 6.45) is 2.47. The van der Waals surface area contributed by atoms with Crippen molar-refractivity contribution in [1.82, 2.24) is 15.5 Å². The molecule has 0 bridgehead atoms. The Morgan fingerprint density at radius 2 is 1.94 bits per heavy atom. The molecule has 2 N–H and O–H groups in total. The number of hydrogen-bond donors (Lipinski definition) is 2. The molecule has 96 valence electrons. The smallest absolute Gasteiger partial charge is 0.325 e. The van der Waals surface area contributed by atoms with Gasteiger partial charge in [0.1, 0.15) is 6.04 Å². The number of urea groups is 1. The second-order valence-corrected chi connectivity index (χ2v) is 5.32. The van der Waals surface area contributed by atoms with Gasteiger partial charge in [-0.1, -0.05) is 13.8 Å². The Kier molecular flexibility index (Phi) is 3.66. The molecule has 2 heterocycles. The van der Waals surface area contributed by atoms with Gasteiger partial charge in [-0.3, -0.25) is 9.69 Å². The highest BCUT2D eigenvalue weighted by molar-refractivity contribution is 6.04. The lowest BCUT2D eigenvalue weighted by molar-refractivity contribution is -0.129. The van der Waals surface area contributed by atoms with E-state index >= 15 is 0 Å². The van der Waals surface area contributed by atoms with E-state index in [1.165, 1.54) is 4.90 Å². The van der Waals surface area contributed by atoms with Crippen LogP contribution in [-0.2, 0) is 4.79 Å². The molecule has 2 saturated heterocycles. The maximum absolute atomic E-state index is 12.2. The highest BCUT2D eigenvalue weighted by Crippen LogP contribution is 2.20. The van der Waals surface area contributed by atoms with Crippen LogP contribution < -0.4 is 10.6 Å². The number of imide groups is 1. The predicted octanol–water partition coefficient (Wildman–Crippen LogP) is 0.705. The molecule has 2 fully saturated rings. The number of hydrogen-bond acceptors (Lipinski definition) is 3. The molecule has 0 aliphatic carbocycles. The van der Waals surface area contributed by atoms with Gasteiger partial charge in [-0.15, -0.1) is 0 Å². The van der Waals surface area contributed by atoms with Crippen molar-refractivity contribution in [2.75, 3.05) is 13.1 Å². The van der Waals surface area contributed by atoms with Crippen molar-refractivity contribution in [3.63, 3.8) is 0 Å². The summed E-state index contributed by atoms with van der Waals surface area (Å²) >= 11 is 0. The van der Waals surface area contributed by atoms with Crippen molar-refractivity contribution in [1.29, 1.82) is 0 Å². The van der Waals surface area contributed by atoms with E-state index in [1.54, 1.807) is 0 Å². The average Bonchev–Trinajstić information content (AvgIpc) is 2.54. The lowest BCUT2D eigenvalue weighted by Crippen LogP contribution is -2.46. The maximum atomic E-state index is 12.2. The Hall–Kier alpha value is -1.10. The molecule has 2 aliphatic rings. The molecular weight excluding hydrogens is 218 g/mol. The topological polar surface area (TPSA) is 61.4 Å². The molecule has 17 heavy (non-hydrogen) atoms. The molecule has 0 aromatic rings. The number of carbonyl (C=O) groups excluding carboxylic acids is 2. The SMILES string of the molecule is CC(C)CC1NC(=O)N(C2CCNCC2)C1=O. The fourth-order valence-electron chi connectivity index (χ4n) is 2.59. The van der Waals surface area contributed by atoms with E-state index in [-0.39, 0.29) is 24.0 Å². The van der Waals surface area contributed by atoms with Crippen LogP contribution >= 0.6 is 0 Å². The van der Waals surface area contributed by atoms with E-state index in [1.807, 2.05) is 0 Å². The van der Waals surface area contributed by atoms with Gasteiger partial charge < -0.3 is 10.6 Å². The molecule has 3 amide bonds. The standard InChI is InChI=1S/C12H21N3O2/c1-8(2)7-10-11(16)15(12(17)14-10)9-3-5-13-6-4-9/h8-10,13H,3-7H2,1-2H3,(H,14,17). The third-order valence-electron chi connectivity index (χ3n) is 3.43. The quantitative estimate of drug-likeness (QED) is 0.713. The van der Waals surface area contributed by atoms with E-state index in [0.29, 0.717) is 5.92 Å². The number of nitrogens with zero attached hydrogens (tertiary/aromatic N) is 1. The zero-order chi connectivity index (χ0) is 12.4. The zero-order valence-corrected chi connectivity index (χ0v) is 10.5. The van der Waals surface area contributed by atoms with Crippen LogP contribution in [0.4, 0.5) is 4.79 Å². The first-order valence-electron chi connectivity index (χ1n) is 6.44. The molecule has 2 rings (SSSR count). The van der Waals surface area contributed by atoms with Gasteiger partial charge in [0, 0.05) is 6.04 Å². The van der Waals surface area contributed by atoms with E-state index in [0.717, 1.165) is 32.4 Å². The first-order chi connectivity index (χ1) is 8.09. The van der Waals surface area contributed by atoms with Crippen molar-refractivity contribution < 1.29 is 9.59 Å². The minimum Gasteiger partial charge on any atom is -0.326 e. The van der Waals surface area contributed by atoms with Crippen molar-refractivity contribution in [2.45, 2.75) is 45.2 Å². The second-order valence-electron chi connectivity index (χ2n) is 5.32. The average molecular weight is 239 g/mol. The molecule has 5 nitrogen and oxygen atoms in total. The largest absolute Gasteiger partial charge is 0.326 e. The summed E-state index contributed by atoms with van der Waals surface area (Å²) in [7, 11) is 0. The first kappa shape index (κ1) is 12.4. The van der Waals surface area contributed by atoms with Crippen molar-refractivity contribution in [2.24, 2.45) is 5.92 Å². The monoisotopic (exact) mass is 239 g/mol. The Morgan fingerprint density at radius 1 is 1.29 bits per heavy atom. The Morgan fingerprint density at radius 3 is 2.53 bits per heavy atom. The van der Waals surface area contributed by atoms with Gasteiger partial charge >= 0.3 is 6.03 Å². The van der Waals surface area contributed by atoms with Crippen molar-refractivity contribution >= 4 is 11.9 Å². The molecule has 0 spiro atoms. The van der Waals surface area contributed by atoms with E-state index in [4.69, 9.17) is 0 Å². The predicted molar refractivity (Wildman–Crippen MR) is 64.5 cm³/mol. The molecular formula is C12H21N3O2. The highest BCUT2D eigenvalue weighted by Gasteiger charge is 2.42. The number of carbonyl (C=O) groups is 2. The minimum absolute atomic E-state index is 0.0319. The molecule has 5 heteroatoms. The zero-order valence-electron chi connectivity index (χ0n) is 10.5. The Labute approximate surface area is 102 Å². The van der Waals surface area contributed by atoms with Gasteiger partial charge in [-0.05, 0) is 38.3 Å². The van der Waals surface area contributed by atoms with Gasteiger partial charge in [0.2, 0.25) is 0 Å². The fraction of sp³-hybridized carbons (Fsp3) is 0.833. The van der Waals surface area contributed by atoms with Crippen LogP contribution in [0.2, 0.25) is 0 Å². The van der Waals surface area contributed by atoms with E-state index in [9.17, 15) is 9.59 Å². The molecule has 0 aromatic carbocycles. The highest BCUT2D eigenvalue weighted by atomic mass is 16.2. The summed E-state index contributed by atoms with van der Waals surface area (Å²) in [6, 6.07) is -0.425. The summed E-state index contributed by atoms with van der Waals surface area (Å²) in [5.74, 6) is 0.382. The molecule has 0 aromatic heterocycles. The van der Waals surface area contributed by atoms with E-state index < -0.39 is 0 Å². The maximum Gasteiger partial charge on any atom is 0.325 e. The van der Waals surface area contributed by atoms with Crippen LogP contribution in [0.25, 0.3) is 0 Å². The molecule has 2 aliphatic heterocycles. The van der Waals surface area contributed by atoms with E-state index in [2.05, 4.69) is 24.5 Å². The second kappa shape index (κ2) is 5.04. The van der Waals surface area contributed by atoms with Gasteiger partial charge in [0.15, 0.2) is 0 Å². The number of rotatable bonds is 3. The fourth-order valence-corrected chi connectivity index (χ4v) is 2.59. The van der Waals surface area contributed by atoms with Crippen molar-refractivity contribution in [3.05, 3.63) is 0 Å². The lowest BCUT2D eigenvalue weighted by Gasteiger charge is -2.29. The minimum atomic E-state index is -0.308. The van der Waals surface area contributed by atoms with Crippen LogP contribution in [0.1, 0.15) is 33.1 Å². The number of amides is 3. The van der Waals surface area contributed by atoms with Crippen LogP contribution in [0.15, 0.2) is 0 Å². The van der Waals surface area contributed by atoms with Crippen LogP contribution in [-0.4, -0.2) is 42.0 Å². The Balaban J connectivity index is 2.02. The summed E-state index contributed by atoms with van der Waals surface area (Å²) in [5.41, 5.74) is 0. The summed E-state index contributed by atoms with van der Waals surface area (Å²) in [6.45, 7) is 5.90. The Bertz CT molecular complexity index is 311. The summed E-state index contributed by atoms with van der Waals surface area (Å²) in [4.78, 5) is 25.5. The summed E-state index contributed by atoms with van der Waals surface area (Å²) in [5, 5.41) is 6.04. The molecule has 1 atom stereocenters. The molecule has 1 unspecified atom stereocenters. The van der Waals surface area contributed by atoms with Gasteiger partial charge in [0.25, 0.3) is 5.91 Å².